The molecule has 1 aromatic carbocycles. The lowest BCUT2D eigenvalue weighted by molar-refractivity contribution is -0.140. The van der Waals surface area contributed by atoms with Crippen LogP contribution in [0.4, 0.5) is 5.69 Å². The number of rotatable bonds is 4. The van der Waals surface area contributed by atoms with Gasteiger partial charge in [-0.1, -0.05) is 17.7 Å². The van der Waals surface area contributed by atoms with Gasteiger partial charge in [-0.2, -0.15) is 0 Å². The minimum absolute atomic E-state index is 0.108. The van der Waals surface area contributed by atoms with Crippen LogP contribution in [-0.2, 0) is 14.3 Å². The minimum Gasteiger partial charge on any atom is -0.469 e. The summed E-state index contributed by atoms with van der Waals surface area (Å²) in [5, 5.41) is 0.543. The summed E-state index contributed by atoms with van der Waals surface area (Å²) in [6, 6.07) is 10.1. The van der Waals surface area contributed by atoms with E-state index in [2.05, 4.69) is 14.7 Å². The van der Waals surface area contributed by atoms with Gasteiger partial charge in [0, 0.05) is 30.3 Å². The molecule has 6 nitrogen and oxygen atoms in total. The molecule has 0 radical (unpaired) electrons. The van der Waals surface area contributed by atoms with Crippen LogP contribution in [0.15, 0.2) is 47.6 Å². The number of fused-ring (bicyclic) bond motifs is 1. The second kappa shape index (κ2) is 7.66. The standard InChI is InChI=1S/C19H18ClN3O3/c1-23-16-8-6-12(20)11-13(16)18(14-5-3-4-10-21-14)22-15(19(23)25)7-9-17(24)26-2/h3-6,8,10-11,15H,7,9H2,1-2H3/t15-/m0/s1. The molecule has 1 amide bonds. The van der Waals surface area contributed by atoms with Crippen molar-refractivity contribution in [2.24, 2.45) is 4.99 Å². The molecule has 0 aliphatic carbocycles. The highest BCUT2D eigenvalue weighted by Crippen LogP contribution is 2.30. The molecule has 1 aliphatic heterocycles. The summed E-state index contributed by atoms with van der Waals surface area (Å²) in [6.07, 6.45) is 2.03. The maximum atomic E-state index is 12.9. The first-order valence-corrected chi connectivity index (χ1v) is 8.52. The average molecular weight is 372 g/mol. The Kier molecular flexibility index (Phi) is 5.32. The van der Waals surface area contributed by atoms with E-state index in [4.69, 9.17) is 11.6 Å². The van der Waals surface area contributed by atoms with Crippen LogP contribution < -0.4 is 4.90 Å². The van der Waals surface area contributed by atoms with Crippen LogP contribution in [0, 0.1) is 0 Å². The molecule has 7 heteroatoms. The van der Waals surface area contributed by atoms with Gasteiger partial charge in [0.25, 0.3) is 5.91 Å². The van der Waals surface area contributed by atoms with Gasteiger partial charge in [0.15, 0.2) is 0 Å². The Labute approximate surface area is 156 Å². The number of carbonyl (C=O) groups is 2. The number of halogens is 1. The van der Waals surface area contributed by atoms with Crippen molar-refractivity contribution in [2.45, 2.75) is 18.9 Å². The van der Waals surface area contributed by atoms with Crippen molar-refractivity contribution < 1.29 is 14.3 Å². The number of ether oxygens (including phenoxy) is 1. The van der Waals surface area contributed by atoms with Crippen LogP contribution in [0.1, 0.15) is 24.1 Å². The fraction of sp³-hybridized carbons (Fsp3) is 0.263. The molecule has 1 aromatic heterocycles. The van der Waals surface area contributed by atoms with Crippen LogP contribution in [0.3, 0.4) is 0 Å². The first-order valence-electron chi connectivity index (χ1n) is 8.14. The highest BCUT2D eigenvalue weighted by molar-refractivity contribution is 6.32. The van der Waals surface area contributed by atoms with Crippen LogP contribution in [0.25, 0.3) is 0 Å². The number of benzodiazepines with no additional fused rings is 1. The topological polar surface area (TPSA) is 71.9 Å². The number of nitrogens with zero attached hydrogens (tertiary/aromatic N) is 3. The van der Waals surface area contributed by atoms with Crippen molar-refractivity contribution >= 4 is 34.9 Å². The number of hydrogen-bond donors (Lipinski definition) is 0. The van der Waals surface area contributed by atoms with Crippen molar-refractivity contribution in [3.63, 3.8) is 0 Å². The molecule has 0 spiro atoms. The number of methoxy groups -OCH3 is 1. The SMILES string of the molecule is COC(=O)CC[C@@H]1N=C(c2ccccn2)c2cc(Cl)ccc2N(C)C1=O. The third-order valence-corrected chi connectivity index (χ3v) is 4.47. The predicted octanol–water partition coefficient (Wildman–Crippen LogP) is 2.87. The number of likely N-dealkylation sites (N-methyl/N-ethyl adjacent to an activating group) is 1. The van der Waals surface area contributed by atoms with E-state index in [1.165, 1.54) is 7.11 Å². The maximum Gasteiger partial charge on any atom is 0.305 e. The molecule has 0 saturated heterocycles. The molecule has 3 rings (SSSR count). The first kappa shape index (κ1) is 18.1. The van der Waals surface area contributed by atoms with E-state index in [9.17, 15) is 9.59 Å². The molecule has 134 valence electrons. The van der Waals surface area contributed by atoms with Crippen LogP contribution >= 0.6 is 11.6 Å². The summed E-state index contributed by atoms with van der Waals surface area (Å²) in [5.74, 6) is -0.566. The Bertz CT molecular complexity index is 868. The Morgan fingerprint density at radius 2 is 2.12 bits per heavy atom. The molecule has 0 unspecified atom stereocenters. The van der Waals surface area contributed by atoms with E-state index >= 15 is 0 Å². The smallest absolute Gasteiger partial charge is 0.305 e. The zero-order valence-electron chi connectivity index (χ0n) is 14.5. The van der Waals surface area contributed by atoms with Crippen molar-refractivity contribution in [3.05, 3.63) is 58.9 Å². The quantitative estimate of drug-likeness (QED) is 0.775. The molecular formula is C19H18ClN3O3. The number of hydrogen-bond acceptors (Lipinski definition) is 5. The fourth-order valence-corrected chi connectivity index (χ4v) is 3.04. The summed E-state index contributed by atoms with van der Waals surface area (Å²) < 4.78 is 4.68. The highest BCUT2D eigenvalue weighted by Gasteiger charge is 2.30. The van der Waals surface area contributed by atoms with E-state index < -0.39 is 6.04 Å². The Hall–Kier alpha value is -2.73. The molecule has 0 N–H and O–H groups in total. The summed E-state index contributed by atoms with van der Waals surface area (Å²) in [5.41, 5.74) is 2.65. The summed E-state index contributed by atoms with van der Waals surface area (Å²) in [7, 11) is 3.01. The normalized spacial score (nSPS) is 16.6. The van der Waals surface area contributed by atoms with Crippen molar-refractivity contribution in [3.8, 4) is 0 Å². The molecule has 0 fully saturated rings. The van der Waals surface area contributed by atoms with E-state index in [0.717, 1.165) is 5.56 Å². The van der Waals surface area contributed by atoms with Crippen molar-refractivity contribution in [1.29, 1.82) is 0 Å². The lowest BCUT2D eigenvalue weighted by atomic mass is 10.0. The highest BCUT2D eigenvalue weighted by atomic mass is 35.5. The Balaban J connectivity index is 2.11. The van der Waals surface area contributed by atoms with Gasteiger partial charge in [0.1, 0.15) is 6.04 Å². The molecule has 0 saturated carbocycles. The van der Waals surface area contributed by atoms with Crippen LogP contribution in [0.5, 0.6) is 0 Å². The van der Waals surface area contributed by atoms with Crippen LogP contribution in [0.2, 0.25) is 5.02 Å². The van der Waals surface area contributed by atoms with E-state index in [0.29, 0.717) is 22.1 Å². The number of anilines is 1. The van der Waals surface area contributed by atoms with Gasteiger partial charge < -0.3 is 9.64 Å². The fourth-order valence-electron chi connectivity index (χ4n) is 2.86. The number of benzene rings is 1. The number of esters is 1. The third kappa shape index (κ3) is 3.60. The van der Waals surface area contributed by atoms with Gasteiger partial charge in [-0.25, -0.2) is 0 Å². The molecule has 0 bridgehead atoms. The number of aliphatic imine (C=N–C) groups is 1. The van der Waals surface area contributed by atoms with Gasteiger partial charge in [0.05, 0.1) is 24.2 Å². The Morgan fingerprint density at radius 1 is 1.31 bits per heavy atom. The van der Waals surface area contributed by atoms with Gasteiger partial charge in [-0.15, -0.1) is 0 Å². The minimum atomic E-state index is -0.706. The average Bonchev–Trinajstić information content (AvgIpc) is 2.76. The molecule has 1 atom stereocenters. The number of aromatic nitrogens is 1. The van der Waals surface area contributed by atoms with E-state index in [1.54, 1.807) is 36.3 Å². The van der Waals surface area contributed by atoms with Gasteiger partial charge in [0.2, 0.25) is 0 Å². The monoisotopic (exact) mass is 371 g/mol. The van der Waals surface area contributed by atoms with Crippen LogP contribution in [-0.4, -0.2) is 42.8 Å². The zero-order chi connectivity index (χ0) is 18.7. The second-order valence-electron chi connectivity index (χ2n) is 5.88. The molecule has 1 aliphatic rings. The van der Waals surface area contributed by atoms with E-state index in [1.807, 2.05) is 18.2 Å². The summed E-state index contributed by atoms with van der Waals surface area (Å²) in [4.78, 5) is 35.0. The second-order valence-corrected chi connectivity index (χ2v) is 6.32. The zero-order valence-corrected chi connectivity index (χ0v) is 15.2. The van der Waals surface area contributed by atoms with Crippen molar-refractivity contribution in [1.82, 2.24) is 4.98 Å². The lowest BCUT2D eigenvalue weighted by Crippen LogP contribution is -2.35. The first-order chi connectivity index (χ1) is 12.5. The summed E-state index contributed by atoms with van der Waals surface area (Å²) in [6.45, 7) is 0. The number of amides is 1. The van der Waals surface area contributed by atoms with Gasteiger partial charge >= 0.3 is 5.97 Å². The maximum absolute atomic E-state index is 12.9. The summed E-state index contributed by atoms with van der Waals surface area (Å²) >= 11 is 6.18. The number of carbonyl (C=O) groups excluding carboxylic acids is 2. The largest absolute Gasteiger partial charge is 0.469 e. The van der Waals surface area contributed by atoms with E-state index in [-0.39, 0.29) is 24.7 Å². The van der Waals surface area contributed by atoms with Gasteiger partial charge in [-0.05, 0) is 36.8 Å². The Morgan fingerprint density at radius 3 is 2.81 bits per heavy atom. The number of pyridine rings is 1. The van der Waals surface area contributed by atoms with Crippen molar-refractivity contribution in [2.75, 3.05) is 19.1 Å². The molecule has 2 aromatic rings. The van der Waals surface area contributed by atoms with Gasteiger partial charge in [-0.3, -0.25) is 19.6 Å². The lowest BCUT2D eigenvalue weighted by Gasteiger charge is -2.20. The molecule has 26 heavy (non-hydrogen) atoms. The third-order valence-electron chi connectivity index (χ3n) is 4.23. The molecular weight excluding hydrogens is 354 g/mol. The predicted molar refractivity (Wildman–Crippen MR) is 99.8 cm³/mol. The molecule has 2 heterocycles.